The summed E-state index contributed by atoms with van der Waals surface area (Å²) < 4.78 is 50.0. The van der Waals surface area contributed by atoms with Crippen LogP contribution in [0, 0.1) is 0 Å². The van der Waals surface area contributed by atoms with Crippen LogP contribution in [0.15, 0.2) is 54.6 Å². The van der Waals surface area contributed by atoms with Gasteiger partial charge >= 0.3 is 6.18 Å². The number of ether oxygens (including phenoxy) is 2. The number of benzene rings is 2. The van der Waals surface area contributed by atoms with Gasteiger partial charge in [0.1, 0.15) is 11.3 Å². The third-order valence-corrected chi connectivity index (χ3v) is 3.97. The zero-order chi connectivity index (χ0) is 19.4. The Kier molecular flexibility index (Phi) is 5.30. The van der Waals surface area contributed by atoms with Crippen LogP contribution in [0.1, 0.15) is 15.9 Å². The van der Waals surface area contributed by atoms with Crippen LogP contribution in [-0.4, -0.2) is 30.7 Å². The van der Waals surface area contributed by atoms with E-state index >= 15 is 0 Å². The highest BCUT2D eigenvalue weighted by Crippen LogP contribution is 2.38. The van der Waals surface area contributed by atoms with Crippen molar-refractivity contribution < 1.29 is 27.4 Å². The lowest BCUT2D eigenvalue weighted by atomic mass is 10.1. The Bertz CT molecular complexity index is 956. The molecular formula is C20H16F3NO3. The van der Waals surface area contributed by atoms with E-state index < -0.39 is 23.4 Å². The molecule has 1 heterocycles. The van der Waals surface area contributed by atoms with Crippen LogP contribution in [0.3, 0.4) is 0 Å². The minimum Gasteiger partial charge on any atom is -0.492 e. The summed E-state index contributed by atoms with van der Waals surface area (Å²) in [6.45, 7) is 0.0965. The smallest absolute Gasteiger partial charge is 0.455 e. The Morgan fingerprint density at radius 2 is 1.70 bits per heavy atom. The van der Waals surface area contributed by atoms with Crippen LogP contribution < -0.4 is 9.47 Å². The summed E-state index contributed by atoms with van der Waals surface area (Å²) in [4.78, 5) is 16.1. The van der Waals surface area contributed by atoms with Crippen molar-refractivity contribution in [2.24, 2.45) is 0 Å². The molecule has 140 valence electrons. The lowest BCUT2D eigenvalue weighted by molar-refractivity contribution is -0.0888. The number of methoxy groups -OCH3 is 1. The van der Waals surface area contributed by atoms with Gasteiger partial charge in [0, 0.05) is 11.8 Å². The minimum absolute atomic E-state index is 0.0965. The average molecular weight is 375 g/mol. The van der Waals surface area contributed by atoms with E-state index in [0.717, 1.165) is 12.7 Å². The number of hydrogen-bond donors (Lipinski definition) is 0. The van der Waals surface area contributed by atoms with E-state index in [0.29, 0.717) is 17.3 Å². The molecule has 0 saturated heterocycles. The Morgan fingerprint density at radius 3 is 2.37 bits per heavy atom. The zero-order valence-corrected chi connectivity index (χ0v) is 14.4. The van der Waals surface area contributed by atoms with Crippen LogP contribution in [0.2, 0.25) is 0 Å². The second-order valence-corrected chi connectivity index (χ2v) is 5.75. The third kappa shape index (κ3) is 4.02. The Balaban J connectivity index is 2.05. The van der Waals surface area contributed by atoms with Crippen molar-refractivity contribution in [1.82, 2.24) is 4.98 Å². The maximum Gasteiger partial charge on any atom is 0.455 e. The second-order valence-electron chi connectivity index (χ2n) is 5.75. The number of aromatic nitrogens is 1. The standard InChI is InChI=1S/C20H16F3NO3/c1-26-19-16(18(25)20(21,22)23)17(14-9-5-6-10-15(14)24-19)27-12-11-13-7-3-2-4-8-13/h2-10H,11-12H2,1H3. The molecule has 0 unspecified atom stereocenters. The summed E-state index contributed by atoms with van der Waals surface area (Å²) in [7, 11) is 1.16. The quantitative estimate of drug-likeness (QED) is 0.591. The molecule has 3 rings (SSSR count). The van der Waals surface area contributed by atoms with Crippen LogP contribution in [0.4, 0.5) is 13.2 Å². The van der Waals surface area contributed by atoms with Gasteiger partial charge in [0.05, 0.1) is 19.2 Å². The first-order valence-electron chi connectivity index (χ1n) is 8.17. The Hall–Kier alpha value is -3.09. The highest BCUT2D eigenvalue weighted by atomic mass is 19.4. The fraction of sp³-hybridized carbons (Fsp3) is 0.200. The number of alkyl halides is 3. The molecule has 27 heavy (non-hydrogen) atoms. The number of Topliss-reactive ketones (excluding diaryl/α,β-unsaturated/α-hetero) is 1. The van der Waals surface area contributed by atoms with Crippen molar-refractivity contribution in [3.63, 3.8) is 0 Å². The monoisotopic (exact) mass is 375 g/mol. The van der Waals surface area contributed by atoms with Crippen LogP contribution in [0.5, 0.6) is 11.6 Å². The first kappa shape index (κ1) is 18.7. The molecule has 2 aromatic carbocycles. The van der Waals surface area contributed by atoms with Gasteiger partial charge in [0.25, 0.3) is 5.78 Å². The van der Waals surface area contributed by atoms with Gasteiger partial charge in [0.15, 0.2) is 0 Å². The predicted molar refractivity (Wildman–Crippen MR) is 94.3 cm³/mol. The molecule has 0 fully saturated rings. The van der Waals surface area contributed by atoms with E-state index in [4.69, 9.17) is 9.47 Å². The number of ketones is 1. The molecule has 0 aliphatic rings. The second kappa shape index (κ2) is 7.65. The maximum atomic E-state index is 13.1. The van der Waals surface area contributed by atoms with Crippen molar-refractivity contribution in [3.8, 4) is 11.6 Å². The van der Waals surface area contributed by atoms with Gasteiger partial charge in [-0.2, -0.15) is 13.2 Å². The number of nitrogens with zero attached hydrogens (tertiary/aromatic N) is 1. The van der Waals surface area contributed by atoms with Gasteiger partial charge in [-0.25, -0.2) is 4.98 Å². The molecule has 1 aromatic heterocycles. The van der Waals surface area contributed by atoms with E-state index in [-0.39, 0.29) is 12.4 Å². The molecule has 7 heteroatoms. The number of fused-ring (bicyclic) bond motifs is 1. The number of rotatable bonds is 6. The van der Waals surface area contributed by atoms with Gasteiger partial charge in [-0.1, -0.05) is 42.5 Å². The first-order valence-corrected chi connectivity index (χ1v) is 8.17. The van der Waals surface area contributed by atoms with Gasteiger partial charge in [-0.15, -0.1) is 0 Å². The molecule has 0 spiro atoms. The fourth-order valence-electron chi connectivity index (χ4n) is 2.72. The highest BCUT2D eigenvalue weighted by Gasteiger charge is 2.43. The van der Waals surface area contributed by atoms with E-state index in [1.54, 1.807) is 24.3 Å². The topological polar surface area (TPSA) is 48.4 Å². The number of para-hydroxylation sites is 1. The Morgan fingerprint density at radius 1 is 1.04 bits per heavy atom. The Labute approximate surface area is 153 Å². The van der Waals surface area contributed by atoms with Gasteiger partial charge in [-0.3, -0.25) is 4.79 Å². The van der Waals surface area contributed by atoms with E-state index in [1.165, 1.54) is 0 Å². The summed E-state index contributed by atoms with van der Waals surface area (Å²) >= 11 is 0. The van der Waals surface area contributed by atoms with E-state index in [2.05, 4.69) is 4.98 Å². The van der Waals surface area contributed by atoms with E-state index in [9.17, 15) is 18.0 Å². The summed E-state index contributed by atoms with van der Waals surface area (Å²) in [5, 5.41) is 0.318. The van der Waals surface area contributed by atoms with Crippen LogP contribution >= 0.6 is 0 Å². The summed E-state index contributed by atoms with van der Waals surface area (Å²) in [6, 6.07) is 15.9. The SMILES string of the molecule is COc1nc2ccccc2c(OCCc2ccccc2)c1C(=O)C(F)(F)F. The highest BCUT2D eigenvalue weighted by molar-refractivity contribution is 6.08. The molecule has 0 radical (unpaired) electrons. The summed E-state index contributed by atoms with van der Waals surface area (Å²) in [6.07, 6.45) is -4.60. The molecule has 0 bridgehead atoms. The number of carbonyl (C=O) groups excluding carboxylic acids is 1. The molecule has 0 atom stereocenters. The molecule has 0 aliphatic heterocycles. The molecule has 3 aromatic rings. The largest absolute Gasteiger partial charge is 0.492 e. The molecule has 0 aliphatic carbocycles. The van der Waals surface area contributed by atoms with Crippen molar-refractivity contribution in [1.29, 1.82) is 0 Å². The molecular weight excluding hydrogens is 359 g/mol. The maximum absolute atomic E-state index is 13.1. The molecule has 0 N–H and O–H groups in total. The minimum atomic E-state index is -5.07. The molecule has 4 nitrogen and oxygen atoms in total. The van der Waals surface area contributed by atoms with Crippen LogP contribution in [-0.2, 0) is 6.42 Å². The predicted octanol–water partition coefficient (Wildman–Crippen LogP) is 4.61. The average Bonchev–Trinajstić information content (AvgIpc) is 2.67. The third-order valence-electron chi connectivity index (χ3n) is 3.97. The first-order chi connectivity index (χ1) is 12.9. The van der Waals surface area contributed by atoms with E-state index in [1.807, 2.05) is 30.3 Å². The van der Waals surface area contributed by atoms with Crippen molar-refractivity contribution in [2.75, 3.05) is 13.7 Å². The van der Waals surface area contributed by atoms with Gasteiger partial charge in [-0.05, 0) is 17.7 Å². The summed E-state index contributed by atoms with van der Waals surface area (Å²) in [5.41, 5.74) is 0.631. The lowest BCUT2D eigenvalue weighted by Gasteiger charge is -2.17. The van der Waals surface area contributed by atoms with Crippen molar-refractivity contribution >= 4 is 16.7 Å². The van der Waals surface area contributed by atoms with Gasteiger partial charge in [0.2, 0.25) is 5.88 Å². The van der Waals surface area contributed by atoms with Crippen LogP contribution in [0.25, 0.3) is 10.9 Å². The fourth-order valence-corrected chi connectivity index (χ4v) is 2.72. The van der Waals surface area contributed by atoms with Crippen molar-refractivity contribution in [3.05, 3.63) is 65.7 Å². The summed E-state index contributed by atoms with van der Waals surface area (Å²) in [5.74, 6) is -2.63. The number of halogens is 3. The van der Waals surface area contributed by atoms with Gasteiger partial charge < -0.3 is 9.47 Å². The van der Waals surface area contributed by atoms with Crippen molar-refractivity contribution in [2.45, 2.75) is 12.6 Å². The molecule has 0 amide bonds. The zero-order valence-electron chi connectivity index (χ0n) is 14.4. The number of carbonyl (C=O) groups is 1. The normalized spacial score (nSPS) is 11.4. The number of hydrogen-bond acceptors (Lipinski definition) is 4. The molecule has 0 saturated carbocycles. The lowest BCUT2D eigenvalue weighted by Crippen LogP contribution is -2.25. The number of pyridine rings is 1.